The van der Waals surface area contributed by atoms with Crippen molar-refractivity contribution < 1.29 is 9.53 Å². The minimum atomic E-state index is 0.0400. The maximum atomic E-state index is 12.3. The molecule has 1 aromatic heterocycles. The van der Waals surface area contributed by atoms with Gasteiger partial charge in [-0.1, -0.05) is 32.0 Å². The molecular formula is C17H24N2O2. The number of carbonyl (C=O) groups excluding carboxylic acids is 1. The van der Waals surface area contributed by atoms with Crippen LogP contribution in [-0.4, -0.2) is 30.1 Å². The summed E-state index contributed by atoms with van der Waals surface area (Å²) in [5.41, 5.74) is 2.09. The molecule has 0 aliphatic carbocycles. The Morgan fingerprint density at radius 3 is 2.81 bits per heavy atom. The minimum Gasteiger partial charge on any atom is -0.380 e. The van der Waals surface area contributed by atoms with E-state index >= 15 is 0 Å². The third kappa shape index (κ3) is 4.08. The van der Waals surface area contributed by atoms with E-state index in [0.29, 0.717) is 25.6 Å². The molecule has 0 aliphatic rings. The largest absolute Gasteiger partial charge is 0.380 e. The molecule has 1 unspecified atom stereocenters. The van der Waals surface area contributed by atoms with Crippen LogP contribution in [0.15, 0.2) is 30.5 Å². The molecule has 4 heteroatoms. The van der Waals surface area contributed by atoms with Gasteiger partial charge in [-0.15, -0.1) is 0 Å². The van der Waals surface area contributed by atoms with Gasteiger partial charge in [-0.3, -0.25) is 4.79 Å². The summed E-state index contributed by atoms with van der Waals surface area (Å²) in [5, 5.41) is 4.19. The van der Waals surface area contributed by atoms with Crippen LogP contribution >= 0.6 is 0 Å². The first-order valence-electron chi connectivity index (χ1n) is 7.54. The predicted octanol–water partition coefficient (Wildman–Crippen LogP) is 2.89. The number of rotatable bonds is 7. The molecule has 2 aromatic rings. The van der Waals surface area contributed by atoms with Crippen LogP contribution in [0.5, 0.6) is 0 Å². The molecule has 0 saturated heterocycles. The highest BCUT2D eigenvalue weighted by Gasteiger charge is 2.17. The molecule has 1 aromatic carbocycles. The van der Waals surface area contributed by atoms with Gasteiger partial charge in [0.25, 0.3) is 0 Å². The predicted molar refractivity (Wildman–Crippen MR) is 85.3 cm³/mol. The van der Waals surface area contributed by atoms with Gasteiger partial charge in [0.05, 0.1) is 19.1 Å². The van der Waals surface area contributed by atoms with E-state index in [4.69, 9.17) is 4.74 Å². The third-order valence-corrected chi connectivity index (χ3v) is 3.68. The summed E-state index contributed by atoms with van der Waals surface area (Å²) in [4.78, 5) is 15.5. The summed E-state index contributed by atoms with van der Waals surface area (Å²) in [5.74, 6) is 0.390. The zero-order valence-electron chi connectivity index (χ0n) is 13.0. The Kier molecular flexibility index (Phi) is 5.39. The van der Waals surface area contributed by atoms with Crippen LogP contribution in [0.1, 0.15) is 26.3 Å². The number of benzene rings is 1. The molecule has 0 aliphatic heterocycles. The highest BCUT2D eigenvalue weighted by atomic mass is 16.5. The highest BCUT2D eigenvalue weighted by molar-refractivity contribution is 5.88. The van der Waals surface area contributed by atoms with Crippen LogP contribution in [0.2, 0.25) is 0 Å². The maximum Gasteiger partial charge on any atom is 0.224 e. The first-order chi connectivity index (χ1) is 10.1. The van der Waals surface area contributed by atoms with Gasteiger partial charge in [0.1, 0.15) is 0 Å². The van der Waals surface area contributed by atoms with Crippen molar-refractivity contribution >= 4 is 16.8 Å². The number of ether oxygens (including phenoxy) is 1. The van der Waals surface area contributed by atoms with Crippen molar-refractivity contribution in [3.8, 4) is 0 Å². The van der Waals surface area contributed by atoms with Crippen molar-refractivity contribution in [3.63, 3.8) is 0 Å². The van der Waals surface area contributed by atoms with Crippen molar-refractivity contribution in [2.45, 2.75) is 33.2 Å². The van der Waals surface area contributed by atoms with Crippen LogP contribution in [0, 0.1) is 5.92 Å². The SMILES string of the molecule is CCOCC(NC(=O)Cc1c[nH]c2ccccc12)C(C)C. The molecule has 0 saturated carbocycles. The molecule has 0 spiro atoms. The van der Waals surface area contributed by atoms with Crippen LogP contribution in [0.25, 0.3) is 10.9 Å². The smallest absolute Gasteiger partial charge is 0.224 e. The summed E-state index contributed by atoms with van der Waals surface area (Å²) in [6.07, 6.45) is 2.30. The first kappa shape index (κ1) is 15.6. The lowest BCUT2D eigenvalue weighted by molar-refractivity contribution is -0.122. The molecule has 1 atom stereocenters. The van der Waals surface area contributed by atoms with Crippen LogP contribution in [0.4, 0.5) is 0 Å². The van der Waals surface area contributed by atoms with Gasteiger partial charge in [0.2, 0.25) is 5.91 Å². The van der Waals surface area contributed by atoms with Gasteiger partial charge >= 0.3 is 0 Å². The Balaban J connectivity index is 2.00. The van der Waals surface area contributed by atoms with Crippen molar-refractivity contribution in [1.29, 1.82) is 0 Å². The number of nitrogens with one attached hydrogen (secondary N) is 2. The van der Waals surface area contributed by atoms with Crippen molar-refractivity contribution in [1.82, 2.24) is 10.3 Å². The van der Waals surface area contributed by atoms with E-state index in [-0.39, 0.29) is 11.9 Å². The standard InChI is InChI=1S/C17H24N2O2/c1-4-21-11-16(12(2)3)19-17(20)9-13-10-18-15-8-6-5-7-14(13)15/h5-8,10,12,16,18H,4,9,11H2,1-3H3,(H,19,20). The molecule has 0 radical (unpaired) electrons. The first-order valence-corrected chi connectivity index (χ1v) is 7.54. The number of para-hydroxylation sites is 1. The number of hydrogen-bond donors (Lipinski definition) is 2. The number of fused-ring (bicyclic) bond motifs is 1. The number of aromatic amines is 1. The van der Waals surface area contributed by atoms with Gasteiger partial charge in [-0.25, -0.2) is 0 Å². The Labute approximate surface area is 125 Å². The van der Waals surface area contributed by atoms with E-state index in [1.807, 2.05) is 37.4 Å². The van der Waals surface area contributed by atoms with Crippen molar-refractivity contribution in [2.75, 3.05) is 13.2 Å². The molecule has 4 nitrogen and oxygen atoms in total. The molecule has 1 heterocycles. The molecule has 21 heavy (non-hydrogen) atoms. The fourth-order valence-corrected chi connectivity index (χ4v) is 2.35. The van der Waals surface area contributed by atoms with Crippen molar-refractivity contribution in [2.24, 2.45) is 5.92 Å². The second kappa shape index (κ2) is 7.27. The number of aromatic nitrogens is 1. The maximum absolute atomic E-state index is 12.3. The molecule has 114 valence electrons. The Bertz CT molecular complexity index is 589. The van der Waals surface area contributed by atoms with E-state index in [2.05, 4.69) is 24.1 Å². The third-order valence-electron chi connectivity index (χ3n) is 3.68. The summed E-state index contributed by atoms with van der Waals surface area (Å²) in [6.45, 7) is 7.38. The zero-order valence-corrected chi connectivity index (χ0v) is 13.0. The van der Waals surface area contributed by atoms with Crippen LogP contribution < -0.4 is 5.32 Å². The molecular weight excluding hydrogens is 264 g/mol. The minimum absolute atomic E-state index is 0.0400. The zero-order chi connectivity index (χ0) is 15.2. The topological polar surface area (TPSA) is 54.1 Å². The number of hydrogen-bond acceptors (Lipinski definition) is 2. The average Bonchev–Trinajstić information content (AvgIpc) is 2.86. The lowest BCUT2D eigenvalue weighted by atomic mass is 10.0. The van der Waals surface area contributed by atoms with E-state index in [1.165, 1.54) is 0 Å². The summed E-state index contributed by atoms with van der Waals surface area (Å²) in [6, 6.07) is 8.09. The second-order valence-corrected chi connectivity index (χ2v) is 5.61. The second-order valence-electron chi connectivity index (χ2n) is 5.61. The molecule has 1 amide bonds. The van der Waals surface area contributed by atoms with Gasteiger partial charge in [0, 0.05) is 23.7 Å². The quantitative estimate of drug-likeness (QED) is 0.823. The van der Waals surface area contributed by atoms with E-state index in [0.717, 1.165) is 16.5 Å². The monoisotopic (exact) mass is 288 g/mol. The number of amides is 1. The van der Waals surface area contributed by atoms with Gasteiger partial charge < -0.3 is 15.0 Å². The molecule has 2 rings (SSSR count). The Hall–Kier alpha value is -1.81. The van der Waals surface area contributed by atoms with Gasteiger partial charge in [0.15, 0.2) is 0 Å². The highest BCUT2D eigenvalue weighted by Crippen LogP contribution is 2.18. The van der Waals surface area contributed by atoms with Crippen LogP contribution in [-0.2, 0) is 16.0 Å². The summed E-state index contributed by atoms with van der Waals surface area (Å²) >= 11 is 0. The Morgan fingerprint density at radius 1 is 1.33 bits per heavy atom. The van der Waals surface area contributed by atoms with Crippen LogP contribution in [0.3, 0.4) is 0 Å². The normalized spacial score (nSPS) is 12.8. The van der Waals surface area contributed by atoms with Gasteiger partial charge in [-0.2, -0.15) is 0 Å². The summed E-state index contributed by atoms with van der Waals surface area (Å²) in [7, 11) is 0. The fraction of sp³-hybridized carbons (Fsp3) is 0.471. The lowest BCUT2D eigenvalue weighted by Gasteiger charge is -2.22. The van der Waals surface area contributed by atoms with Gasteiger partial charge in [-0.05, 0) is 24.5 Å². The Morgan fingerprint density at radius 2 is 2.10 bits per heavy atom. The van der Waals surface area contributed by atoms with E-state index < -0.39 is 0 Å². The lowest BCUT2D eigenvalue weighted by Crippen LogP contribution is -2.42. The number of H-pyrrole nitrogens is 1. The number of carbonyl (C=O) groups is 1. The molecule has 0 bridgehead atoms. The van der Waals surface area contributed by atoms with E-state index in [1.54, 1.807) is 0 Å². The molecule has 2 N–H and O–H groups in total. The average molecular weight is 288 g/mol. The molecule has 0 fully saturated rings. The van der Waals surface area contributed by atoms with E-state index in [9.17, 15) is 4.79 Å². The van der Waals surface area contributed by atoms with Crippen molar-refractivity contribution in [3.05, 3.63) is 36.0 Å². The fourth-order valence-electron chi connectivity index (χ4n) is 2.35. The summed E-state index contributed by atoms with van der Waals surface area (Å²) < 4.78 is 5.44.